The zero-order valence-corrected chi connectivity index (χ0v) is 11.0. The van der Waals surface area contributed by atoms with Gasteiger partial charge in [-0.05, 0) is 31.6 Å². The van der Waals surface area contributed by atoms with E-state index in [4.69, 9.17) is 0 Å². The topological polar surface area (TPSA) is 41.1 Å². The molecule has 0 saturated heterocycles. The Balaban J connectivity index is 2.36. The lowest BCUT2D eigenvalue weighted by atomic mass is 9.97. The standard InChI is InChI=1S/C12H21F3N2O/c1-7-4-5-10(8(7)2)17-9(3)11(18)16-6-12(13,14)15/h7-10,17H,4-6H2,1-3H3,(H,16,18). The summed E-state index contributed by atoms with van der Waals surface area (Å²) in [7, 11) is 0. The Labute approximate surface area is 106 Å². The van der Waals surface area contributed by atoms with Gasteiger partial charge in [-0.1, -0.05) is 13.8 Å². The Morgan fingerprint density at radius 3 is 2.39 bits per heavy atom. The minimum absolute atomic E-state index is 0.214. The molecule has 106 valence electrons. The zero-order chi connectivity index (χ0) is 13.9. The molecule has 0 bridgehead atoms. The van der Waals surface area contributed by atoms with Crippen LogP contribution < -0.4 is 10.6 Å². The van der Waals surface area contributed by atoms with Gasteiger partial charge in [-0.2, -0.15) is 13.2 Å². The van der Waals surface area contributed by atoms with Crippen molar-refractivity contribution in [3.8, 4) is 0 Å². The molecule has 0 heterocycles. The van der Waals surface area contributed by atoms with Crippen LogP contribution in [0.25, 0.3) is 0 Å². The number of carbonyl (C=O) groups is 1. The van der Waals surface area contributed by atoms with E-state index in [0.29, 0.717) is 11.8 Å². The number of nitrogens with one attached hydrogen (secondary N) is 2. The molecule has 0 aromatic rings. The molecule has 0 radical (unpaired) electrons. The Kier molecular flexibility index (Phi) is 5.01. The van der Waals surface area contributed by atoms with E-state index in [2.05, 4.69) is 19.2 Å². The summed E-state index contributed by atoms with van der Waals surface area (Å²) in [6.45, 7) is 4.59. The SMILES string of the molecule is CC(NC1CCC(C)C1C)C(=O)NCC(F)(F)F. The van der Waals surface area contributed by atoms with Crippen LogP contribution in [0.15, 0.2) is 0 Å². The minimum atomic E-state index is -4.36. The highest BCUT2D eigenvalue weighted by molar-refractivity contribution is 5.81. The van der Waals surface area contributed by atoms with Crippen LogP contribution in [-0.4, -0.2) is 30.7 Å². The number of rotatable bonds is 4. The molecule has 4 atom stereocenters. The molecule has 0 aliphatic heterocycles. The van der Waals surface area contributed by atoms with Crippen molar-refractivity contribution < 1.29 is 18.0 Å². The highest BCUT2D eigenvalue weighted by atomic mass is 19.4. The van der Waals surface area contributed by atoms with E-state index in [1.165, 1.54) is 0 Å². The molecule has 1 amide bonds. The second kappa shape index (κ2) is 5.91. The van der Waals surface area contributed by atoms with Gasteiger partial charge < -0.3 is 10.6 Å². The first-order valence-electron chi connectivity index (χ1n) is 6.31. The molecular weight excluding hydrogens is 245 g/mol. The molecular formula is C12H21F3N2O. The second-order valence-corrected chi connectivity index (χ2v) is 5.24. The molecule has 4 unspecified atom stereocenters. The van der Waals surface area contributed by atoms with E-state index >= 15 is 0 Å². The summed E-state index contributed by atoms with van der Waals surface area (Å²) in [5.74, 6) is 0.440. The van der Waals surface area contributed by atoms with Crippen molar-refractivity contribution in [1.29, 1.82) is 0 Å². The van der Waals surface area contributed by atoms with Crippen LogP contribution in [0.2, 0.25) is 0 Å². The zero-order valence-electron chi connectivity index (χ0n) is 11.0. The second-order valence-electron chi connectivity index (χ2n) is 5.24. The third kappa shape index (κ3) is 4.48. The van der Waals surface area contributed by atoms with Gasteiger partial charge in [-0.15, -0.1) is 0 Å². The van der Waals surface area contributed by atoms with Crippen LogP contribution in [0, 0.1) is 11.8 Å². The van der Waals surface area contributed by atoms with Crippen molar-refractivity contribution in [2.24, 2.45) is 11.8 Å². The minimum Gasteiger partial charge on any atom is -0.346 e. The van der Waals surface area contributed by atoms with Crippen LogP contribution in [0.4, 0.5) is 13.2 Å². The molecule has 1 rings (SSSR count). The van der Waals surface area contributed by atoms with Gasteiger partial charge in [0.1, 0.15) is 6.54 Å². The normalized spacial score (nSPS) is 30.2. The average molecular weight is 266 g/mol. The van der Waals surface area contributed by atoms with E-state index in [1.54, 1.807) is 6.92 Å². The number of carbonyl (C=O) groups excluding carboxylic acids is 1. The van der Waals surface area contributed by atoms with Gasteiger partial charge in [0, 0.05) is 6.04 Å². The lowest BCUT2D eigenvalue weighted by molar-refractivity contribution is -0.139. The predicted octanol–water partition coefficient (Wildman–Crippen LogP) is 2.08. The summed E-state index contributed by atoms with van der Waals surface area (Å²) in [5, 5.41) is 5.01. The average Bonchev–Trinajstić information content (AvgIpc) is 2.56. The number of hydrogen-bond donors (Lipinski definition) is 2. The third-order valence-electron chi connectivity index (χ3n) is 3.79. The van der Waals surface area contributed by atoms with Crippen LogP contribution >= 0.6 is 0 Å². The lowest BCUT2D eigenvalue weighted by Gasteiger charge is -2.23. The highest BCUT2D eigenvalue weighted by Gasteiger charge is 2.33. The monoisotopic (exact) mass is 266 g/mol. The van der Waals surface area contributed by atoms with Crippen molar-refractivity contribution >= 4 is 5.91 Å². The van der Waals surface area contributed by atoms with E-state index in [-0.39, 0.29) is 6.04 Å². The summed E-state index contributed by atoms with van der Waals surface area (Å²) >= 11 is 0. The molecule has 18 heavy (non-hydrogen) atoms. The van der Waals surface area contributed by atoms with Crippen molar-refractivity contribution in [2.45, 2.75) is 51.9 Å². The summed E-state index contributed by atoms with van der Waals surface area (Å²) in [6.07, 6.45) is -2.29. The fourth-order valence-electron chi connectivity index (χ4n) is 2.34. The maximum Gasteiger partial charge on any atom is 0.405 e. The predicted molar refractivity (Wildman–Crippen MR) is 63.0 cm³/mol. The van der Waals surface area contributed by atoms with Gasteiger partial charge in [-0.25, -0.2) is 0 Å². The van der Waals surface area contributed by atoms with Crippen molar-refractivity contribution in [2.75, 3.05) is 6.54 Å². The lowest BCUT2D eigenvalue weighted by Crippen LogP contribution is -2.49. The van der Waals surface area contributed by atoms with Crippen molar-refractivity contribution in [1.82, 2.24) is 10.6 Å². The van der Waals surface area contributed by atoms with Crippen molar-refractivity contribution in [3.05, 3.63) is 0 Å². The first kappa shape index (κ1) is 15.3. The van der Waals surface area contributed by atoms with Crippen LogP contribution in [0.3, 0.4) is 0 Å². The number of alkyl halides is 3. The maximum atomic E-state index is 12.0. The first-order chi connectivity index (χ1) is 8.20. The number of amides is 1. The molecule has 0 aromatic heterocycles. The van der Waals surface area contributed by atoms with E-state index in [1.807, 2.05) is 5.32 Å². The molecule has 0 spiro atoms. The van der Waals surface area contributed by atoms with Gasteiger partial charge in [0.2, 0.25) is 5.91 Å². The molecule has 1 saturated carbocycles. The molecule has 1 aliphatic carbocycles. The van der Waals surface area contributed by atoms with Gasteiger partial charge in [0.05, 0.1) is 6.04 Å². The van der Waals surface area contributed by atoms with Gasteiger partial charge in [0.15, 0.2) is 0 Å². The summed E-state index contributed by atoms with van der Waals surface area (Å²) in [5.41, 5.74) is 0. The molecule has 0 aromatic carbocycles. The number of hydrogen-bond acceptors (Lipinski definition) is 2. The largest absolute Gasteiger partial charge is 0.405 e. The van der Waals surface area contributed by atoms with Crippen molar-refractivity contribution in [3.63, 3.8) is 0 Å². The molecule has 2 N–H and O–H groups in total. The Hall–Kier alpha value is -0.780. The molecule has 3 nitrogen and oxygen atoms in total. The third-order valence-corrected chi connectivity index (χ3v) is 3.79. The van der Waals surface area contributed by atoms with Gasteiger partial charge in [-0.3, -0.25) is 4.79 Å². The van der Waals surface area contributed by atoms with Gasteiger partial charge >= 0.3 is 6.18 Å². The van der Waals surface area contributed by atoms with Crippen LogP contribution in [0.1, 0.15) is 33.6 Å². The van der Waals surface area contributed by atoms with E-state index < -0.39 is 24.7 Å². The van der Waals surface area contributed by atoms with E-state index in [0.717, 1.165) is 12.8 Å². The van der Waals surface area contributed by atoms with E-state index in [9.17, 15) is 18.0 Å². The van der Waals surface area contributed by atoms with Crippen LogP contribution in [0.5, 0.6) is 0 Å². The Morgan fingerprint density at radius 1 is 1.33 bits per heavy atom. The Morgan fingerprint density at radius 2 is 1.94 bits per heavy atom. The number of halogens is 3. The quantitative estimate of drug-likeness (QED) is 0.818. The highest BCUT2D eigenvalue weighted by Crippen LogP contribution is 2.31. The fourth-order valence-corrected chi connectivity index (χ4v) is 2.34. The fraction of sp³-hybridized carbons (Fsp3) is 0.917. The molecule has 6 heteroatoms. The molecule has 1 aliphatic rings. The Bertz CT molecular complexity index is 294. The molecule has 1 fully saturated rings. The summed E-state index contributed by atoms with van der Waals surface area (Å²) in [4.78, 5) is 11.5. The van der Waals surface area contributed by atoms with Crippen LogP contribution in [-0.2, 0) is 4.79 Å². The van der Waals surface area contributed by atoms with Gasteiger partial charge in [0.25, 0.3) is 0 Å². The summed E-state index contributed by atoms with van der Waals surface area (Å²) in [6, 6.07) is -0.378. The summed E-state index contributed by atoms with van der Waals surface area (Å²) < 4.78 is 35.9. The first-order valence-corrected chi connectivity index (χ1v) is 6.31. The smallest absolute Gasteiger partial charge is 0.346 e. The maximum absolute atomic E-state index is 12.0.